The number of benzene rings is 3. The Labute approximate surface area is 185 Å². The summed E-state index contributed by atoms with van der Waals surface area (Å²) in [4.78, 5) is 15.7. The molecule has 1 aliphatic rings. The minimum absolute atomic E-state index is 0.0406. The SMILES string of the molecule is CC1C(C(=O)c2nnc(-c3ccccc3)o2)c2ccccc2N1Cc1ccc(Cl)cc1. The van der Waals surface area contributed by atoms with Crippen molar-refractivity contribution in [2.45, 2.75) is 25.4 Å². The van der Waals surface area contributed by atoms with Crippen molar-refractivity contribution in [2.75, 3.05) is 4.90 Å². The van der Waals surface area contributed by atoms with E-state index in [0.717, 1.165) is 22.4 Å². The first-order valence-corrected chi connectivity index (χ1v) is 10.5. The van der Waals surface area contributed by atoms with Gasteiger partial charge < -0.3 is 9.32 Å². The van der Waals surface area contributed by atoms with Gasteiger partial charge in [-0.05, 0) is 48.4 Å². The molecular weight excluding hydrogens is 410 g/mol. The molecule has 3 aromatic carbocycles. The number of anilines is 1. The summed E-state index contributed by atoms with van der Waals surface area (Å²) in [6.07, 6.45) is 0. The van der Waals surface area contributed by atoms with Crippen LogP contribution in [0.4, 0.5) is 5.69 Å². The first-order valence-electron chi connectivity index (χ1n) is 10.1. The molecule has 0 fully saturated rings. The summed E-state index contributed by atoms with van der Waals surface area (Å²) < 4.78 is 5.77. The summed E-state index contributed by atoms with van der Waals surface area (Å²) in [6, 6.07) is 25.2. The fourth-order valence-corrected chi connectivity index (χ4v) is 4.33. The molecule has 1 aliphatic heterocycles. The monoisotopic (exact) mass is 429 g/mol. The van der Waals surface area contributed by atoms with E-state index in [4.69, 9.17) is 16.0 Å². The highest BCUT2D eigenvalue weighted by Gasteiger charge is 2.42. The molecule has 5 rings (SSSR count). The van der Waals surface area contributed by atoms with E-state index in [1.54, 1.807) is 0 Å². The summed E-state index contributed by atoms with van der Waals surface area (Å²) in [6.45, 7) is 2.74. The van der Waals surface area contributed by atoms with Gasteiger partial charge in [-0.1, -0.05) is 60.1 Å². The molecule has 0 radical (unpaired) electrons. The van der Waals surface area contributed by atoms with Crippen LogP contribution in [0.5, 0.6) is 0 Å². The van der Waals surface area contributed by atoms with E-state index < -0.39 is 0 Å². The number of para-hydroxylation sites is 1. The number of ketones is 1. The van der Waals surface area contributed by atoms with Crippen LogP contribution in [0.1, 0.15) is 34.7 Å². The van der Waals surface area contributed by atoms with Gasteiger partial charge in [-0.3, -0.25) is 4.79 Å². The van der Waals surface area contributed by atoms with E-state index in [0.29, 0.717) is 17.5 Å². The van der Waals surface area contributed by atoms with Crippen molar-refractivity contribution in [3.8, 4) is 11.5 Å². The van der Waals surface area contributed by atoms with Crippen molar-refractivity contribution in [1.29, 1.82) is 0 Å². The zero-order valence-corrected chi connectivity index (χ0v) is 17.7. The lowest BCUT2D eigenvalue weighted by Crippen LogP contribution is -2.34. The maximum absolute atomic E-state index is 13.5. The average Bonchev–Trinajstić information content (AvgIpc) is 3.40. The van der Waals surface area contributed by atoms with Crippen LogP contribution in [0.25, 0.3) is 11.5 Å². The Morgan fingerprint density at radius 3 is 2.45 bits per heavy atom. The highest BCUT2D eigenvalue weighted by molar-refractivity contribution is 6.30. The molecule has 2 heterocycles. The number of halogens is 1. The number of carbonyl (C=O) groups is 1. The highest BCUT2D eigenvalue weighted by atomic mass is 35.5. The molecular formula is C25H20ClN3O2. The molecule has 0 spiro atoms. The van der Waals surface area contributed by atoms with Crippen LogP contribution in [0.15, 0.2) is 83.3 Å². The number of aromatic nitrogens is 2. The Balaban J connectivity index is 1.46. The van der Waals surface area contributed by atoms with Crippen molar-refractivity contribution in [2.24, 2.45) is 0 Å². The van der Waals surface area contributed by atoms with E-state index >= 15 is 0 Å². The number of hydrogen-bond donors (Lipinski definition) is 0. The van der Waals surface area contributed by atoms with Crippen molar-refractivity contribution in [3.63, 3.8) is 0 Å². The normalized spacial score (nSPS) is 17.5. The molecule has 0 aliphatic carbocycles. The molecule has 2 atom stereocenters. The molecule has 0 bridgehead atoms. The van der Waals surface area contributed by atoms with Crippen LogP contribution in [-0.2, 0) is 6.54 Å². The lowest BCUT2D eigenvalue weighted by molar-refractivity contribution is 0.0919. The van der Waals surface area contributed by atoms with Gasteiger partial charge in [-0.25, -0.2) is 0 Å². The van der Waals surface area contributed by atoms with Gasteiger partial charge in [0.1, 0.15) is 0 Å². The van der Waals surface area contributed by atoms with Crippen molar-refractivity contribution >= 4 is 23.1 Å². The zero-order chi connectivity index (χ0) is 21.4. The third-order valence-electron chi connectivity index (χ3n) is 5.76. The molecule has 4 aromatic rings. The summed E-state index contributed by atoms with van der Waals surface area (Å²) in [5.74, 6) is -0.152. The molecule has 31 heavy (non-hydrogen) atoms. The van der Waals surface area contributed by atoms with Crippen molar-refractivity contribution in [1.82, 2.24) is 10.2 Å². The minimum atomic E-state index is -0.382. The number of carbonyl (C=O) groups excluding carboxylic acids is 1. The van der Waals surface area contributed by atoms with Gasteiger partial charge in [-0.15, -0.1) is 10.2 Å². The Morgan fingerprint density at radius 1 is 0.968 bits per heavy atom. The number of Topliss-reactive ketones (excluding diaryl/α,β-unsaturated/α-hetero) is 1. The first kappa shape index (κ1) is 19.5. The molecule has 0 saturated carbocycles. The smallest absolute Gasteiger partial charge is 0.285 e. The predicted molar refractivity (Wildman–Crippen MR) is 120 cm³/mol. The predicted octanol–water partition coefficient (Wildman–Crippen LogP) is 5.77. The molecule has 154 valence electrons. The Hall–Kier alpha value is -3.44. The second-order valence-electron chi connectivity index (χ2n) is 7.67. The molecule has 5 nitrogen and oxygen atoms in total. The standard InChI is InChI=1S/C25H20ClN3O2/c1-16-22(23(30)25-28-27-24(31-25)18-7-3-2-4-8-18)20-9-5-6-10-21(20)29(16)15-17-11-13-19(26)14-12-17/h2-14,16,22H,15H2,1H3. The van der Waals surface area contributed by atoms with Crippen LogP contribution in [0.2, 0.25) is 5.02 Å². The third kappa shape index (κ3) is 3.62. The van der Waals surface area contributed by atoms with E-state index in [9.17, 15) is 4.79 Å². The Morgan fingerprint density at radius 2 is 1.68 bits per heavy atom. The second kappa shape index (κ2) is 8.00. The lowest BCUT2D eigenvalue weighted by Gasteiger charge is -2.26. The lowest BCUT2D eigenvalue weighted by atomic mass is 9.91. The summed E-state index contributed by atoms with van der Waals surface area (Å²) in [5.41, 5.74) is 3.95. The van der Waals surface area contributed by atoms with Gasteiger partial charge in [-0.2, -0.15) is 0 Å². The van der Waals surface area contributed by atoms with Crippen molar-refractivity contribution in [3.05, 3.63) is 101 Å². The van der Waals surface area contributed by atoms with E-state index in [-0.39, 0.29) is 23.6 Å². The molecule has 0 N–H and O–H groups in total. The molecule has 2 unspecified atom stereocenters. The van der Waals surface area contributed by atoms with Gasteiger partial charge in [0.25, 0.3) is 5.89 Å². The van der Waals surface area contributed by atoms with E-state index in [1.807, 2.05) is 72.8 Å². The van der Waals surface area contributed by atoms with Gasteiger partial charge in [0.15, 0.2) is 0 Å². The fourth-order valence-electron chi connectivity index (χ4n) is 4.20. The van der Waals surface area contributed by atoms with Gasteiger partial charge in [0.2, 0.25) is 11.7 Å². The number of hydrogen-bond acceptors (Lipinski definition) is 5. The Bertz CT molecular complexity index is 1220. The van der Waals surface area contributed by atoms with Crippen LogP contribution in [0, 0.1) is 0 Å². The summed E-state index contributed by atoms with van der Waals surface area (Å²) in [5, 5.41) is 8.86. The topological polar surface area (TPSA) is 59.2 Å². The molecule has 6 heteroatoms. The number of fused-ring (bicyclic) bond motifs is 1. The first-order chi connectivity index (χ1) is 15.1. The van der Waals surface area contributed by atoms with E-state index in [2.05, 4.69) is 28.1 Å². The zero-order valence-electron chi connectivity index (χ0n) is 16.9. The van der Waals surface area contributed by atoms with Gasteiger partial charge in [0.05, 0.1) is 5.92 Å². The van der Waals surface area contributed by atoms with Gasteiger partial charge in [0, 0.05) is 28.9 Å². The fraction of sp³-hybridized carbons (Fsp3) is 0.160. The quantitative estimate of drug-likeness (QED) is 0.377. The number of nitrogens with zero attached hydrogens (tertiary/aromatic N) is 3. The minimum Gasteiger partial charge on any atom is -0.414 e. The third-order valence-corrected chi connectivity index (χ3v) is 6.01. The summed E-state index contributed by atoms with van der Waals surface area (Å²) in [7, 11) is 0. The van der Waals surface area contributed by atoms with Crippen LogP contribution >= 0.6 is 11.6 Å². The van der Waals surface area contributed by atoms with Crippen molar-refractivity contribution < 1.29 is 9.21 Å². The van der Waals surface area contributed by atoms with E-state index in [1.165, 1.54) is 0 Å². The molecule has 0 saturated heterocycles. The molecule has 0 amide bonds. The Kier molecular flexibility index (Phi) is 5.04. The van der Waals surface area contributed by atoms with Crippen LogP contribution in [-0.4, -0.2) is 22.0 Å². The summed E-state index contributed by atoms with van der Waals surface area (Å²) >= 11 is 6.04. The van der Waals surface area contributed by atoms with Gasteiger partial charge >= 0.3 is 0 Å². The maximum Gasteiger partial charge on any atom is 0.285 e. The number of rotatable bonds is 5. The van der Waals surface area contributed by atoms with Crippen LogP contribution in [0.3, 0.4) is 0 Å². The maximum atomic E-state index is 13.5. The average molecular weight is 430 g/mol. The second-order valence-corrected chi connectivity index (χ2v) is 8.11. The largest absolute Gasteiger partial charge is 0.414 e. The van der Waals surface area contributed by atoms with Crippen LogP contribution < -0.4 is 4.90 Å². The molecule has 1 aromatic heterocycles. The highest BCUT2D eigenvalue weighted by Crippen LogP contribution is 2.43.